The van der Waals surface area contributed by atoms with Crippen LogP contribution in [-0.2, 0) is 5.41 Å². The fourth-order valence-corrected chi connectivity index (χ4v) is 1.66. The predicted octanol–water partition coefficient (Wildman–Crippen LogP) is 3.87. The lowest BCUT2D eigenvalue weighted by Crippen LogP contribution is -2.24. The van der Waals surface area contributed by atoms with Crippen molar-refractivity contribution in [3.05, 3.63) is 66.1 Å². The summed E-state index contributed by atoms with van der Waals surface area (Å²) in [6.07, 6.45) is 3.79. The monoisotopic (exact) mass is 205 g/mol. The molecule has 77 valence electrons. The molecule has 1 aliphatic rings. The van der Waals surface area contributed by atoms with Gasteiger partial charge in [-0.15, -0.1) is 0 Å². The standard InChI is InChI=1S/C13H11F2/c1-13(10-5-3-2-4-6-10)8-7-11(14)9-12(13)15/h2-9H,1H3. The molecule has 1 aromatic rings. The van der Waals surface area contributed by atoms with Crippen LogP contribution in [0.4, 0.5) is 8.78 Å². The van der Waals surface area contributed by atoms with Crippen molar-refractivity contribution in [1.82, 2.24) is 0 Å². The molecule has 1 atom stereocenters. The van der Waals surface area contributed by atoms with Gasteiger partial charge in [-0.2, -0.15) is 0 Å². The minimum atomic E-state index is -0.836. The van der Waals surface area contributed by atoms with Gasteiger partial charge in [0.1, 0.15) is 11.7 Å². The van der Waals surface area contributed by atoms with Crippen molar-refractivity contribution >= 4 is 0 Å². The zero-order valence-electron chi connectivity index (χ0n) is 8.37. The Morgan fingerprint density at radius 3 is 2.33 bits per heavy atom. The Morgan fingerprint density at radius 2 is 1.73 bits per heavy atom. The minimum absolute atomic E-state index is 0.464. The number of allylic oxidation sites excluding steroid dienone is 4. The van der Waals surface area contributed by atoms with Crippen LogP contribution in [0.3, 0.4) is 0 Å². The Hall–Kier alpha value is -1.44. The van der Waals surface area contributed by atoms with Gasteiger partial charge in [0.25, 0.3) is 0 Å². The predicted molar refractivity (Wildman–Crippen MR) is 56.5 cm³/mol. The topological polar surface area (TPSA) is 0 Å². The van der Waals surface area contributed by atoms with E-state index in [4.69, 9.17) is 0 Å². The Labute approximate surface area is 87.9 Å². The summed E-state index contributed by atoms with van der Waals surface area (Å²) in [5.74, 6) is -1.00. The molecule has 0 heterocycles. The van der Waals surface area contributed by atoms with Gasteiger partial charge in [-0.3, -0.25) is 0 Å². The zero-order valence-corrected chi connectivity index (χ0v) is 8.37. The maximum atomic E-state index is 13.7. The van der Waals surface area contributed by atoms with E-state index in [1.54, 1.807) is 13.3 Å². The third-order valence-electron chi connectivity index (χ3n) is 2.71. The van der Waals surface area contributed by atoms with Crippen LogP contribution in [0.25, 0.3) is 0 Å². The Morgan fingerprint density at radius 1 is 1.07 bits per heavy atom. The number of rotatable bonds is 1. The summed E-state index contributed by atoms with van der Waals surface area (Å²) >= 11 is 0. The minimum Gasteiger partial charge on any atom is -0.211 e. The van der Waals surface area contributed by atoms with Crippen LogP contribution in [0.1, 0.15) is 12.5 Å². The van der Waals surface area contributed by atoms with Gasteiger partial charge in [0, 0.05) is 12.5 Å². The molecule has 1 radical (unpaired) electrons. The van der Waals surface area contributed by atoms with Crippen molar-refractivity contribution in [2.24, 2.45) is 0 Å². The average Bonchev–Trinajstić information content (AvgIpc) is 2.25. The summed E-state index contributed by atoms with van der Waals surface area (Å²) in [6, 6.07) is 9.22. The second kappa shape index (κ2) is 3.61. The first-order valence-electron chi connectivity index (χ1n) is 4.78. The summed E-state index contributed by atoms with van der Waals surface area (Å²) < 4.78 is 26.5. The van der Waals surface area contributed by atoms with E-state index in [1.165, 1.54) is 6.08 Å². The van der Waals surface area contributed by atoms with E-state index in [-0.39, 0.29) is 0 Å². The van der Waals surface area contributed by atoms with Gasteiger partial charge in [0.2, 0.25) is 0 Å². The van der Waals surface area contributed by atoms with Gasteiger partial charge in [0.15, 0.2) is 0 Å². The quantitative estimate of drug-likeness (QED) is 0.652. The Kier molecular flexibility index (Phi) is 2.43. The van der Waals surface area contributed by atoms with Gasteiger partial charge in [-0.05, 0) is 18.6 Å². The molecule has 0 aliphatic heterocycles. The van der Waals surface area contributed by atoms with Crippen LogP contribution in [0.5, 0.6) is 0 Å². The van der Waals surface area contributed by atoms with Gasteiger partial charge in [-0.1, -0.05) is 30.3 Å². The number of halogens is 2. The van der Waals surface area contributed by atoms with Crippen LogP contribution in [-0.4, -0.2) is 0 Å². The van der Waals surface area contributed by atoms with Crippen molar-refractivity contribution in [2.45, 2.75) is 12.3 Å². The SMILES string of the molecule is CC1(c2ccccc2)[CH]C=C(F)C=C1F. The molecule has 0 saturated carbocycles. The second-order valence-corrected chi connectivity index (χ2v) is 3.78. The van der Waals surface area contributed by atoms with Crippen molar-refractivity contribution in [3.63, 3.8) is 0 Å². The highest BCUT2D eigenvalue weighted by atomic mass is 19.1. The first kappa shape index (κ1) is 10.1. The molecule has 1 aliphatic carbocycles. The molecular weight excluding hydrogens is 194 g/mol. The van der Waals surface area contributed by atoms with Gasteiger partial charge >= 0.3 is 0 Å². The maximum Gasteiger partial charge on any atom is 0.122 e. The molecule has 2 heteroatoms. The lowest BCUT2D eigenvalue weighted by molar-refractivity contribution is 0.463. The van der Waals surface area contributed by atoms with E-state index in [9.17, 15) is 8.78 Å². The molecule has 0 N–H and O–H groups in total. The van der Waals surface area contributed by atoms with Crippen LogP contribution in [0, 0.1) is 6.42 Å². The molecule has 0 spiro atoms. The lowest BCUT2D eigenvalue weighted by atomic mass is 9.76. The van der Waals surface area contributed by atoms with Crippen LogP contribution in [0.2, 0.25) is 0 Å². The molecule has 2 rings (SSSR count). The van der Waals surface area contributed by atoms with E-state index < -0.39 is 17.1 Å². The van der Waals surface area contributed by atoms with Crippen molar-refractivity contribution < 1.29 is 8.78 Å². The average molecular weight is 205 g/mol. The first-order chi connectivity index (χ1) is 7.13. The van der Waals surface area contributed by atoms with E-state index >= 15 is 0 Å². The molecule has 0 bridgehead atoms. The Bertz CT molecular complexity index is 417. The third kappa shape index (κ3) is 1.72. The molecule has 15 heavy (non-hydrogen) atoms. The summed E-state index contributed by atoms with van der Waals surface area (Å²) in [5, 5.41) is 0. The van der Waals surface area contributed by atoms with Crippen molar-refractivity contribution in [1.29, 1.82) is 0 Å². The van der Waals surface area contributed by atoms with E-state index in [0.717, 1.165) is 11.6 Å². The molecule has 0 nitrogen and oxygen atoms in total. The zero-order chi connectivity index (χ0) is 10.9. The molecule has 0 aromatic heterocycles. The van der Waals surface area contributed by atoms with Gasteiger partial charge < -0.3 is 0 Å². The third-order valence-corrected chi connectivity index (χ3v) is 2.71. The fraction of sp³-hybridized carbons (Fsp3) is 0.154. The second-order valence-electron chi connectivity index (χ2n) is 3.78. The van der Waals surface area contributed by atoms with E-state index in [1.807, 2.05) is 30.3 Å². The van der Waals surface area contributed by atoms with Crippen LogP contribution in [0.15, 0.2) is 54.1 Å². The normalized spacial score (nSPS) is 25.8. The lowest BCUT2D eigenvalue weighted by Gasteiger charge is -2.29. The highest BCUT2D eigenvalue weighted by Gasteiger charge is 2.33. The van der Waals surface area contributed by atoms with Crippen molar-refractivity contribution in [2.75, 3.05) is 0 Å². The molecular formula is C13H11F2. The van der Waals surface area contributed by atoms with Crippen LogP contribution >= 0.6 is 0 Å². The summed E-state index contributed by atoms with van der Waals surface area (Å²) in [7, 11) is 0. The molecule has 0 amide bonds. The molecule has 0 fully saturated rings. The highest BCUT2D eigenvalue weighted by molar-refractivity contribution is 5.44. The number of hydrogen-bond donors (Lipinski definition) is 0. The molecule has 1 unspecified atom stereocenters. The van der Waals surface area contributed by atoms with Gasteiger partial charge in [-0.25, -0.2) is 8.78 Å². The smallest absolute Gasteiger partial charge is 0.122 e. The molecule has 0 saturated heterocycles. The van der Waals surface area contributed by atoms with E-state index in [0.29, 0.717) is 0 Å². The Balaban J connectivity index is 2.42. The summed E-state index contributed by atoms with van der Waals surface area (Å²) in [6.45, 7) is 1.73. The summed E-state index contributed by atoms with van der Waals surface area (Å²) in [5.41, 5.74) is -0.0147. The number of hydrogen-bond acceptors (Lipinski definition) is 0. The molecule has 1 aromatic carbocycles. The maximum absolute atomic E-state index is 13.7. The largest absolute Gasteiger partial charge is 0.211 e. The summed E-state index contributed by atoms with van der Waals surface area (Å²) in [4.78, 5) is 0. The highest BCUT2D eigenvalue weighted by Crippen LogP contribution is 2.39. The van der Waals surface area contributed by atoms with Gasteiger partial charge in [0.05, 0.1) is 5.41 Å². The first-order valence-corrected chi connectivity index (χ1v) is 4.78. The van der Waals surface area contributed by atoms with Crippen LogP contribution < -0.4 is 0 Å². The van der Waals surface area contributed by atoms with E-state index in [2.05, 4.69) is 0 Å². The fourth-order valence-electron chi connectivity index (χ4n) is 1.66. The number of benzene rings is 1. The van der Waals surface area contributed by atoms with Crippen molar-refractivity contribution in [3.8, 4) is 0 Å².